The normalized spacial score (nSPS) is 17.5. The Kier molecular flexibility index (Phi) is 5.98. The van der Waals surface area contributed by atoms with E-state index in [1.165, 1.54) is 27.3 Å². The summed E-state index contributed by atoms with van der Waals surface area (Å²) in [4.78, 5) is 16.9. The van der Waals surface area contributed by atoms with E-state index in [9.17, 15) is 13.2 Å². The van der Waals surface area contributed by atoms with Gasteiger partial charge in [0.25, 0.3) is 5.91 Å². The molecule has 0 atom stereocenters. The zero-order valence-electron chi connectivity index (χ0n) is 15.9. The standard InChI is InChI=1S/C20H22N4O3S2/c25-20(24-13-10-18(22-24)16-6-2-1-3-7-16)15-28-19-9-8-17(14-21-19)29(26,27)23-11-4-5-12-23/h1-3,6-9,14H,4-5,10-13,15H2. The van der Waals surface area contributed by atoms with Crippen molar-refractivity contribution in [2.45, 2.75) is 29.2 Å². The highest BCUT2D eigenvalue weighted by Gasteiger charge is 2.27. The molecule has 1 amide bonds. The van der Waals surface area contributed by atoms with Crippen LogP contribution in [0.5, 0.6) is 0 Å². The Morgan fingerprint density at radius 3 is 2.48 bits per heavy atom. The molecule has 0 bridgehead atoms. The first-order valence-corrected chi connectivity index (χ1v) is 12.0. The number of carbonyl (C=O) groups is 1. The fraction of sp³-hybridized carbons (Fsp3) is 0.350. The Balaban J connectivity index is 1.35. The van der Waals surface area contributed by atoms with E-state index in [2.05, 4.69) is 10.1 Å². The lowest BCUT2D eigenvalue weighted by Gasteiger charge is -2.15. The largest absolute Gasteiger partial charge is 0.272 e. The fourth-order valence-corrected chi connectivity index (χ4v) is 5.54. The van der Waals surface area contributed by atoms with Crippen LogP contribution in [0, 0.1) is 0 Å². The predicted octanol–water partition coefficient (Wildman–Crippen LogP) is 2.59. The number of hydrogen-bond acceptors (Lipinski definition) is 6. The Labute approximate surface area is 174 Å². The maximum Gasteiger partial charge on any atom is 0.253 e. The maximum absolute atomic E-state index is 12.5. The molecular formula is C20H22N4O3S2. The third-order valence-corrected chi connectivity index (χ3v) is 7.76. The summed E-state index contributed by atoms with van der Waals surface area (Å²) in [7, 11) is -3.46. The minimum atomic E-state index is -3.46. The second kappa shape index (κ2) is 8.64. The van der Waals surface area contributed by atoms with Gasteiger partial charge >= 0.3 is 0 Å². The van der Waals surface area contributed by atoms with Crippen molar-refractivity contribution < 1.29 is 13.2 Å². The lowest BCUT2D eigenvalue weighted by Crippen LogP contribution is -2.27. The van der Waals surface area contributed by atoms with Gasteiger partial charge in [0.2, 0.25) is 10.0 Å². The van der Waals surface area contributed by atoms with Crippen molar-refractivity contribution in [2.24, 2.45) is 5.10 Å². The van der Waals surface area contributed by atoms with Crippen molar-refractivity contribution in [1.29, 1.82) is 0 Å². The Morgan fingerprint density at radius 2 is 1.79 bits per heavy atom. The van der Waals surface area contributed by atoms with Gasteiger partial charge in [-0.2, -0.15) is 9.41 Å². The molecule has 1 aromatic heterocycles. The molecule has 0 saturated carbocycles. The molecule has 4 rings (SSSR count). The van der Waals surface area contributed by atoms with Crippen molar-refractivity contribution in [3.8, 4) is 0 Å². The Morgan fingerprint density at radius 1 is 1.03 bits per heavy atom. The van der Waals surface area contributed by atoms with Gasteiger partial charge in [-0.05, 0) is 30.5 Å². The lowest BCUT2D eigenvalue weighted by atomic mass is 10.1. The number of hydrogen-bond donors (Lipinski definition) is 0. The molecule has 3 heterocycles. The van der Waals surface area contributed by atoms with Crippen molar-refractivity contribution in [1.82, 2.24) is 14.3 Å². The summed E-state index contributed by atoms with van der Waals surface area (Å²) >= 11 is 1.28. The molecule has 1 fully saturated rings. The van der Waals surface area contributed by atoms with Gasteiger partial charge in [-0.3, -0.25) is 4.79 Å². The summed E-state index contributed by atoms with van der Waals surface area (Å²) in [6.45, 7) is 1.70. The van der Waals surface area contributed by atoms with Crippen LogP contribution in [-0.2, 0) is 14.8 Å². The van der Waals surface area contributed by atoms with E-state index in [-0.39, 0.29) is 16.6 Å². The monoisotopic (exact) mass is 430 g/mol. The average Bonchev–Trinajstić information content (AvgIpc) is 3.46. The van der Waals surface area contributed by atoms with E-state index in [1.54, 1.807) is 12.1 Å². The summed E-state index contributed by atoms with van der Waals surface area (Å²) in [5, 5.41) is 6.56. The van der Waals surface area contributed by atoms with Gasteiger partial charge in [0.15, 0.2) is 0 Å². The van der Waals surface area contributed by atoms with E-state index in [0.29, 0.717) is 24.7 Å². The molecule has 1 saturated heterocycles. The molecule has 2 aliphatic rings. The highest BCUT2D eigenvalue weighted by atomic mass is 32.2. The first-order chi connectivity index (χ1) is 14.0. The number of hydrazone groups is 1. The second-order valence-electron chi connectivity index (χ2n) is 6.91. The van der Waals surface area contributed by atoms with Gasteiger partial charge < -0.3 is 0 Å². The van der Waals surface area contributed by atoms with Gasteiger partial charge in [-0.1, -0.05) is 42.1 Å². The van der Waals surface area contributed by atoms with Crippen LogP contribution >= 0.6 is 11.8 Å². The predicted molar refractivity (Wildman–Crippen MR) is 112 cm³/mol. The highest BCUT2D eigenvalue weighted by Crippen LogP contribution is 2.23. The third-order valence-electron chi connectivity index (χ3n) is 4.95. The topological polar surface area (TPSA) is 82.9 Å². The minimum absolute atomic E-state index is 0.0866. The summed E-state index contributed by atoms with van der Waals surface area (Å²) in [5.74, 6) is 0.119. The molecule has 2 aromatic rings. The molecule has 0 unspecified atom stereocenters. The molecule has 0 radical (unpaired) electrons. The number of benzene rings is 1. The number of carbonyl (C=O) groups excluding carboxylic acids is 1. The van der Waals surface area contributed by atoms with Crippen LogP contribution in [0.2, 0.25) is 0 Å². The third kappa shape index (κ3) is 4.52. The van der Waals surface area contributed by atoms with Crippen LogP contribution in [0.15, 0.2) is 63.7 Å². The van der Waals surface area contributed by atoms with Crippen LogP contribution < -0.4 is 0 Å². The minimum Gasteiger partial charge on any atom is -0.272 e. The second-order valence-corrected chi connectivity index (χ2v) is 9.85. The van der Waals surface area contributed by atoms with Gasteiger partial charge in [-0.15, -0.1) is 0 Å². The summed E-state index contributed by atoms with van der Waals surface area (Å²) in [5.41, 5.74) is 1.95. The molecule has 2 aliphatic heterocycles. The van der Waals surface area contributed by atoms with Gasteiger partial charge in [0, 0.05) is 25.7 Å². The van der Waals surface area contributed by atoms with Gasteiger partial charge in [-0.25, -0.2) is 18.4 Å². The molecule has 9 heteroatoms. The van der Waals surface area contributed by atoms with Crippen molar-refractivity contribution in [3.05, 3.63) is 54.2 Å². The zero-order valence-corrected chi connectivity index (χ0v) is 17.5. The smallest absolute Gasteiger partial charge is 0.253 e. The van der Waals surface area contributed by atoms with Crippen molar-refractivity contribution in [3.63, 3.8) is 0 Å². The van der Waals surface area contributed by atoms with E-state index in [4.69, 9.17) is 0 Å². The molecule has 7 nitrogen and oxygen atoms in total. The van der Waals surface area contributed by atoms with E-state index >= 15 is 0 Å². The van der Waals surface area contributed by atoms with E-state index in [0.717, 1.165) is 30.5 Å². The average molecular weight is 431 g/mol. The van der Waals surface area contributed by atoms with E-state index < -0.39 is 10.0 Å². The van der Waals surface area contributed by atoms with Crippen LogP contribution in [0.25, 0.3) is 0 Å². The van der Waals surface area contributed by atoms with Gasteiger partial charge in [0.1, 0.15) is 4.90 Å². The van der Waals surface area contributed by atoms with Gasteiger partial charge in [0.05, 0.1) is 23.0 Å². The summed E-state index contributed by atoms with van der Waals surface area (Å²) in [6.07, 6.45) is 3.91. The van der Waals surface area contributed by atoms with Crippen molar-refractivity contribution >= 4 is 33.4 Å². The number of amides is 1. The number of aromatic nitrogens is 1. The first kappa shape index (κ1) is 20.1. The van der Waals surface area contributed by atoms with Crippen LogP contribution in [-0.4, -0.2) is 59.7 Å². The molecule has 1 aromatic carbocycles. The number of sulfonamides is 1. The molecule has 0 spiro atoms. The fourth-order valence-electron chi connectivity index (χ4n) is 3.36. The summed E-state index contributed by atoms with van der Waals surface area (Å²) in [6, 6.07) is 13.1. The first-order valence-electron chi connectivity index (χ1n) is 9.56. The van der Waals surface area contributed by atoms with E-state index in [1.807, 2.05) is 30.3 Å². The Hall–Kier alpha value is -2.23. The highest BCUT2D eigenvalue weighted by molar-refractivity contribution is 7.99. The SMILES string of the molecule is O=C(CSc1ccc(S(=O)(=O)N2CCCC2)cn1)N1CCC(c2ccccc2)=N1. The molecular weight excluding hydrogens is 408 g/mol. The van der Waals surface area contributed by atoms with Crippen LogP contribution in [0.4, 0.5) is 0 Å². The summed E-state index contributed by atoms with van der Waals surface area (Å²) < 4.78 is 26.6. The maximum atomic E-state index is 12.5. The number of nitrogens with zero attached hydrogens (tertiary/aromatic N) is 4. The quantitative estimate of drug-likeness (QED) is 0.658. The Bertz CT molecular complexity index is 1000. The number of pyridine rings is 1. The lowest BCUT2D eigenvalue weighted by molar-refractivity contribution is -0.127. The van der Waals surface area contributed by atoms with Crippen LogP contribution in [0.3, 0.4) is 0 Å². The molecule has 0 N–H and O–H groups in total. The number of rotatable bonds is 6. The van der Waals surface area contributed by atoms with Crippen LogP contribution in [0.1, 0.15) is 24.8 Å². The molecule has 152 valence electrons. The van der Waals surface area contributed by atoms with Crippen molar-refractivity contribution in [2.75, 3.05) is 25.4 Å². The zero-order chi connectivity index (χ0) is 20.3. The molecule has 29 heavy (non-hydrogen) atoms. The number of thioether (sulfide) groups is 1. The molecule has 0 aliphatic carbocycles.